The van der Waals surface area contributed by atoms with Crippen molar-refractivity contribution in [2.75, 3.05) is 38.6 Å². The third-order valence-electron chi connectivity index (χ3n) is 3.54. The Labute approximate surface area is 120 Å². The molecule has 2 N–H and O–H groups in total. The molecule has 1 saturated heterocycles. The number of piperazine rings is 1. The van der Waals surface area contributed by atoms with E-state index in [0.717, 1.165) is 31.9 Å². The van der Waals surface area contributed by atoms with Crippen molar-refractivity contribution in [3.8, 4) is 5.75 Å². The predicted octanol–water partition coefficient (Wildman–Crippen LogP) is 2.26. The normalized spacial score (nSPS) is 15.3. The minimum atomic E-state index is -0.0642. The molecule has 2 rings (SSSR count). The third kappa shape index (κ3) is 3.42. The molecule has 0 radical (unpaired) electrons. The summed E-state index contributed by atoms with van der Waals surface area (Å²) < 4.78 is 5.32. The van der Waals surface area contributed by atoms with Crippen molar-refractivity contribution in [1.82, 2.24) is 10.2 Å². The van der Waals surface area contributed by atoms with Gasteiger partial charge in [-0.05, 0) is 23.6 Å². The number of rotatable bonds is 3. The number of amides is 2. The van der Waals surface area contributed by atoms with Gasteiger partial charge in [0.05, 0.1) is 12.8 Å². The first-order chi connectivity index (χ1) is 9.61. The summed E-state index contributed by atoms with van der Waals surface area (Å²) >= 11 is 0. The minimum absolute atomic E-state index is 0.0642. The van der Waals surface area contributed by atoms with Crippen molar-refractivity contribution in [2.45, 2.75) is 19.8 Å². The van der Waals surface area contributed by atoms with E-state index in [9.17, 15) is 4.79 Å². The summed E-state index contributed by atoms with van der Waals surface area (Å²) in [5.74, 6) is 1.11. The first-order valence-electron chi connectivity index (χ1n) is 7.06. The maximum atomic E-state index is 12.2. The third-order valence-corrected chi connectivity index (χ3v) is 3.54. The Morgan fingerprint density at radius 3 is 2.65 bits per heavy atom. The van der Waals surface area contributed by atoms with Crippen molar-refractivity contribution in [3.63, 3.8) is 0 Å². The van der Waals surface area contributed by atoms with Gasteiger partial charge in [0.1, 0.15) is 5.75 Å². The molecule has 0 atom stereocenters. The summed E-state index contributed by atoms with van der Waals surface area (Å²) in [5.41, 5.74) is 1.92. The van der Waals surface area contributed by atoms with E-state index in [1.807, 2.05) is 23.1 Å². The number of urea groups is 1. The lowest BCUT2D eigenvalue weighted by Gasteiger charge is -2.28. The summed E-state index contributed by atoms with van der Waals surface area (Å²) in [7, 11) is 1.62. The Balaban J connectivity index is 2.13. The number of benzene rings is 1. The molecule has 0 spiro atoms. The summed E-state index contributed by atoms with van der Waals surface area (Å²) in [5, 5.41) is 6.19. The number of anilines is 1. The molecule has 5 nitrogen and oxygen atoms in total. The average molecular weight is 277 g/mol. The van der Waals surface area contributed by atoms with Crippen molar-refractivity contribution >= 4 is 11.7 Å². The van der Waals surface area contributed by atoms with E-state index in [1.165, 1.54) is 5.56 Å². The van der Waals surface area contributed by atoms with Gasteiger partial charge in [-0.3, -0.25) is 0 Å². The van der Waals surface area contributed by atoms with E-state index in [2.05, 4.69) is 24.5 Å². The lowest BCUT2D eigenvalue weighted by Crippen LogP contribution is -2.48. The van der Waals surface area contributed by atoms with Gasteiger partial charge in [-0.1, -0.05) is 19.9 Å². The summed E-state index contributed by atoms with van der Waals surface area (Å²) in [6, 6.07) is 5.86. The molecule has 2 amide bonds. The molecule has 0 bridgehead atoms. The average Bonchev–Trinajstić information content (AvgIpc) is 2.48. The van der Waals surface area contributed by atoms with E-state index in [-0.39, 0.29) is 6.03 Å². The highest BCUT2D eigenvalue weighted by Gasteiger charge is 2.18. The lowest BCUT2D eigenvalue weighted by atomic mass is 10.0. The van der Waals surface area contributed by atoms with E-state index in [0.29, 0.717) is 11.7 Å². The second-order valence-corrected chi connectivity index (χ2v) is 5.28. The molecule has 1 aromatic carbocycles. The monoisotopic (exact) mass is 277 g/mol. The zero-order valence-corrected chi connectivity index (χ0v) is 12.4. The van der Waals surface area contributed by atoms with Crippen LogP contribution in [-0.4, -0.2) is 44.2 Å². The van der Waals surface area contributed by atoms with E-state index >= 15 is 0 Å². The number of nitrogens with one attached hydrogen (secondary N) is 2. The number of hydrogen-bond donors (Lipinski definition) is 2. The molecule has 5 heteroatoms. The van der Waals surface area contributed by atoms with Crippen LogP contribution in [0.15, 0.2) is 18.2 Å². The van der Waals surface area contributed by atoms with Crippen LogP contribution < -0.4 is 15.4 Å². The molecule has 0 aromatic heterocycles. The van der Waals surface area contributed by atoms with Gasteiger partial charge in [0.2, 0.25) is 0 Å². The van der Waals surface area contributed by atoms with Crippen LogP contribution in [0.4, 0.5) is 10.5 Å². The highest BCUT2D eigenvalue weighted by molar-refractivity contribution is 5.91. The highest BCUT2D eigenvalue weighted by Crippen LogP contribution is 2.28. The molecule has 1 heterocycles. The van der Waals surface area contributed by atoms with Gasteiger partial charge in [-0.2, -0.15) is 0 Å². The van der Waals surface area contributed by atoms with Crippen molar-refractivity contribution in [1.29, 1.82) is 0 Å². The summed E-state index contributed by atoms with van der Waals surface area (Å²) in [6.45, 7) is 7.41. The van der Waals surface area contributed by atoms with Crippen LogP contribution in [0.5, 0.6) is 5.75 Å². The zero-order chi connectivity index (χ0) is 14.5. The zero-order valence-electron chi connectivity index (χ0n) is 12.4. The first-order valence-corrected chi connectivity index (χ1v) is 7.06. The predicted molar refractivity (Wildman–Crippen MR) is 80.5 cm³/mol. The summed E-state index contributed by atoms with van der Waals surface area (Å²) in [4.78, 5) is 14.1. The molecule has 1 aliphatic rings. The van der Waals surface area contributed by atoms with Crippen molar-refractivity contribution in [2.24, 2.45) is 0 Å². The number of hydrogen-bond acceptors (Lipinski definition) is 3. The van der Waals surface area contributed by atoms with Crippen LogP contribution in [0.1, 0.15) is 25.3 Å². The van der Waals surface area contributed by atoms with Crippen molar-refractivity contribution < 1.29 is 9.53 Å². The van der Waals surface area contributed by atoms with Gasteiger partial charge >= 0.3 is 6.03 Å². The van der Waals surface area contributed by atoms with E-state index in [1.54, 1.807) is 7.11 Å². The fourth-order valence-corrected chi connectivity index (χ4v) is 2.24. The Kier molecular flexibility index (Phi) is 4.84. The van der Waals surface area contributed by atoms with Crippen LogP contribution in [0.2, 0.25) is 0 Å². The Morgan fingerprint density at radius 2 is 2.05 bits per heavy atom. The molecule has 110 valence electrons. The lowest BCUT2D eigenvalue weighted by molar-refractivity contribution is 0.203. The molecule has 0 saturated carbocycles. The molecular formula is C15H23N3O2. The first kappa shape index (κ1) is 14.7. The standard InChI is InChI=1S/C15H23N3O2/c1-11(2)12-4-5-14(20-3)13(10-12)17-15(19)18-8-6-16-7-9-18/h4-5,10-11,16H,6-9H2,1-3H3,(H,17,19). The molecular weight excluding hydrogens is 254 g/mol. The SMILES string of the molecule is COc1ccc(C(C)C)cc1NC(=O)N1CCNCC1. The van der Waals surface area contributed by atoms with Gasteiger partial charge in [0.15, 0.2) is 0 Å². The Bertz CT molecular complexity index is 468. The fourth-order valence-electron chi connectivity index (χ4n) is 2.24. The van der Waals surface area contributed by atoms with Crippen LogP contribution in [0.3, 0.4) is 0 Å². The topological polar surface area (TPSA) is 53.6 Å². The van der Waals surface area contributed by atoms with Crippen LogP contribution in [0, 0.1) is 0 Å². The van der Waals surface area contributed by atoms with Crippen LogP contribution in [-0.2, 0) is 0 Å². The molecule has 1 fully saturated rings. The van der Waals surface area contributed by atoms with E-state index in [4.69, 9.17) is 4.74 Å². The molecule has 0 aliphatic carbocycles. The van der Waals surface area contributed by atoms with Gasteiger partial charge in [-0.25, -0.2) is 4.79 Å². The molecule has 20 heavy (non-hydrogen) atoms. The summed E-state index contributed by atoms with van der Waals surface area (Å²) in [6.07, 6.45) is 0. The largest absolute Gasteiger partial charge is 0.495 e. The molecule has 1 aliphatic heterocycles. The smallest absolute Gasteiger partial charge is 0.322 e. The van der Waals surface area contributed by atoms with Crippen molar-refractivity contribution in [3.05, 3.63) is 23.8 Å². The molecule has 0 unspecified atom stereocenters. The molecule has 1 aromatic rings. The van der Waals surface area contributed by atoms with Gasteiger partial charge < -0.3 is 20.3 Å². The fraction of sp³-hybridized carbons (Fsp3) is 0.533. The second kappa shape index (κ2) is 6.61. The minimum Gasteiger partial charge on any atom is -0.495 e. The number of carbonyl (C=O) groups is 1. The van der Waals surface area contributed by atoms with Gasteiger partial charge in [-0.15, -0.1) is 0 Å². The van der Waals surface area contributed by atoms with Crippen LogP contribution in [0.25, 0.3) is 0 Å². The quantitative estimate of drug-likeness (QED) is 0.891. The Hall–Kier alpha value is -1.75. The van der Waals surface area contributed by atoms with Crippen LogP contribution >= 0.6 is 0 Å². The number of carbonyl (C=O) groups excluding carboxylic acids is 1. The Morgan fingerprint density at radius 1 is 1.35 bits per heavy atom. The number of methoxy groups -OCH3 is 1. The number of ether oxygens (including phenoxy) is 1. The maximum absolute atomic E-state index is 12.2. The van der Waals surface area contributed by atoms with E-state index < -0.39 is 0 Å². The highest BCUT2D eigenvalue weighted by atomic mass is 16.5. The van der Waals surface area contributed by atoms with Gasteiger partial charge in [0.25, 0.3) is 0 Å². The second-order valence-electron chi connectivity index (χ2n) is 5.28. The van der Waals surface area contributed by atoms with Gasteiger partial charge in [0, 0.05) is 26.2 Å². The number of nitrogens with zero attached hydrogens (tertiary/aromatic N) is 1. The maximum Gasteiger partial charge on any atom is 0.322 e.